The molecule has 1 aromatic carbocycles. The van der Waals surface area contributed by atoms with Crippen molar-refractivity contribution < 1.29 is 13.2 Å². The fourth-order valence-corrected chi connectivity index (χ4v) is 4.97. The van der Waals surface area contributed by atoms with Crippen molar-refractivity contribution in [3.63, 3.8) is 0 Å². The summed E-state index contributed by atoms with van der Waals surface area (Å²) in [6, 6.07) is 8.12. The van der Waals surface area contributed by atoms with E-state index in [1.165, 1.54) is 9.08 Å². The molecule has 0 bridgehead atoms. The zero-order valence-electron chi connectivity index (χ0n) is 18.9. The number of rotatable bonds is 7. The molecule has 9 nitrogen and oxygen atoms in total. The van der Waals surface area contributed by atoms with Gasteiger partial charge in [0.15, 0.2) is 5.65 Å². The summed E-state index contributed by atoms with van der Waals surface area (Å²) in [6.45, 7) is 3.66. The number of pyridine rings is 1. The molecule has 11 heteroatoms. The summed E-state index contributed by atoms with van der Waals surface area (Å²) in [5, 5.41) is 8.58. The third-order valence-electron chi connectivity index (χ3n) is 5.61. The molecule has 0 aliphatic rings. The highest BCUT2D eigenvalue weighted by Crippen LogP contribution is 2.24. The minimum Gasteiger partial charge on any atom is -0.344 e. The molecular weight excluding hydrogens is 478 g/mol. The molecular formula is C23H24ClN5O4S. The molecule has 1 N–H and O–H groups in total. The Kier molecular flexibility index (Phi) is 6.46. The van der Waals surface area contributed by atoms with Crippen LogP contribution in [0, 0.1) is 6.92 Å². The first-order chi connectivity index (χ1) is 16.1. The predicted molar refractivity (Wildman–Crippen MR) is 131 cm³/mol. The molecule has 0 fully saturated rings. The van der Waals surface area contributed by atoms with E-state index in [1.807, 2.05) is 0 Å². The summed E-state index contributed by atoms with van der Waals surface area (Å²) in [5.41, 5.74) is 1.52. The van der Waals surface area contributed by atoms with Gasteiger partial charge < -0.3 is 9.88 Å². The molecule has 0 aliphatic carbocycles. The average molecular weight is 502 g/mol. The zero-order chi connectivity index (χ0) is 24.6. The van der Waals surface area contributed by atoms with Crippen molar-refractivity contribution in [3.05, 3.63) is 75.1 Å². The number of hydrogen-bond acceptors (Lipinski definition) is 6. The summed E-state index contributed by atoms with van der Waals surface area (Å²) in [5.74, 6) is -0.437. The Morgan fingerprint density at radius 3 is 2.76 bits per heavy atom. The number of carbonyl (C=O) groups is 1. The van der Waals surface area contributed by atoms with Crippen LogP contribution in [0.4, 0.5) is 0 Å². The van der Waals surface area contributed by atoms with Gasteiger partial charge in [-0.1, -0.05) is 23.7 Å². The highest BCUT2D eigenvalue weighted by atomic mass is 35.5. The smallest absolute Gasteiger partial charge is 0.260 e. The molecule has 4 aromatic rings. The predicted octanol–water partition coefficient (Wildman–Crippen LogP) is 2.93. The Morgan fingerprint density at radius 1 is 1.26 bits per heavy atom. The fourth-order valence-electron chi connectivity index (χ4n) is 4.06. The van der Waals surface area contributed by atoms with Crippen LogP contribution in [0.25, 0.3) is 16.4 Å². The summed E-state index contributed by atoms with van der Waals surface area (Å²) < 4.78 is 26.3. The monoisotopic (exact) mass is 501 g/mol. The molecule has 3 aromatic heterocycles. The molecule has 0 spiro atoms. The molecule has 4 rings (SSSR count). The molecule has 0 saturated heterocycles. The van der Waals surface area contributed by atoms with Gasteiger partial charge in [-0.15, -0.1) is 0 Å². The SMILES string of the molecule is Cc1nn2cccnc2c1C(=O)N[C@@H](C)c1cc2cccc(Cl)c2c(=O)n1CCCS(C)(=O)=O. The molecule has 3 heterocycles. The first kappa shape index (κ1) is 23.9. The van der Waals surface area contributed by atoms with Crippen LogP contribution in [-0.4, -0.2) is 45.5 Å². The van der Waals surface area contributed by atoms with Gasteiger partial charge in [-0.3, -0.25) is 9.59 Å². The highest BCUT2D eigenvalue weighted by Gasteiger charge is 2.23. The van der Waals surface area contributed by atoms with Crippen molar-refractivity contribution >= 4 is 43.8 Å². The van der Waals surface area contributed by atoms with E-state index in [0.29, 0.717) is 38.4 Å². The van der Waals surface area contributed by atoms with Crippen LogP contribution in [0.3, 0.4) is 0 Å². The van der Waals surface area contributed by atoms with Crippen LogP contribution < -0.4 is 10.9 Å². The van der Waals surface area contributed by atoms with Gasteiger partial charge in [0.25, 0.3) is 11.5 Å². The van der Waals surface area contributed by atoms with Crippen LogP contribution in [0.1, 0.15) is 41.1 Å². The summed E-state index contributed by atoms with van der Waals surface area (Å²) in [6.07, 6.45) is 4.70. The maximum absolute atomic E-state index is 13.4. The van der Waals surface area contributed by atoms with Crippen molar-refractivity contribution in [2.45, 2.75) is 32.9 Å². The van der Waals surface area contributed by atoms with E-state index in [4.69, 9.17) is 11.6 Å². The Morgan fingerprint density at radius 2 is 2.03 bits per heavy atom. The minimum absolute atomic E-state index is 0.0621. The quantitative estimate of drug-likeness (QED) is 0.416. The third-order valence-corrected chi connectivity index (χ3v) is 6.95. The summed E-state index contributed by atoms with van der Waals surface area (Å²) >= 11 is 6.30. The topological polar surface area (TPSA) is 115 Å². The van der Waals surface area contributed by atoms with Crippen LogP contribution >= 0.6 is 11.6 Å². The lowest BCUT2D eigenvalue weighted by atomic mass is 10.1. The Balaban J connectivity index is 1.74. The van der Waals surface area contributed by atoms with Gasteiger partial charge in [-0.25, -0.2) is 17.9 Å². The van der Waals surface area contributed by atoms with Crippen molar-refractivity contribution in [2.24, 2.45) is 0 Å². The van der Waals surface area contributed by atoms with E-state index in [0.717, 1.165) is 6.26 Å². The minimum atomic E-state index is -3.19. The number of nitrogens with one attached hydrogen (secondary N) is 1. The number of fused-ring (bicyclic) bond motifs is 2. The lowest BCUT2D eigenvalue weighted by Gasteiger charge is -2.21. The number of amides is 1. The largest absolute Gasteiger partial charge is 0.344 e. The van der Waals surface area contributed by atoms with Gasteiger partial charge in [0.2, 0.25) is 0 Å². The molecule has 34 heavy (non-hydrogen) atoms. The van der Waals surface area contributed by atoms with Crippen LogP contribution in [-0.2, 0) is 16.4 Å². The van der Waals surface area contributed by atoms with Gasteiger partial charge in [0.05, 0.1) is 27.9 Å². The van der Waals surface area contributed by atoms with Crippen molar-refractivity contribution in [3.8, 4) is 0 Å². The van der Waals surface area contributed by atoms with E-state index >= 15 is 0 Å². The van der Waals surface area contributed by atoms with Gasteiger partial charge in [-0.05, 0) is 43.9 Å². The average Bonchev–Trinajstić information content (AvgIpc) is 3.09. The van der Waals surface area contributed by atoms with E-state index < -0.39 is 15.9 Å². The second-order valence-corrected chi connectivity index (χ2v) is 10.9. The lowest BCUT2D eigenvalue weighted by Crippen LogP contribution is -2.33. The standard InChI is InChI=1S/C23H24ClN5O4S/c1-14(26-22(30)19-15(2)27-29-11-5-9-25-21(19)29)18-13-16-7-4-8-17(24)20(16)23(31)28(18)10-6-12-34(3,32)33/h4-5,7-9,11,13-14H,6,10,12H2,1-3H3,(H,26,30)/t14-/m0/s1. The van der Waals surface area contributed by atoms with Gasteiger partial charge in [0, 0.05) is 30.9 Å². The number of hydrogen-bond donors (Lipinski definition) is 1. The molecule has 0 unspecified atom stereocenters. The molecule has 178 valence electrons. The maximum atomic E-state index is 13.4. The van der Waals surface area contributed by atoms with Gasteiger partial charge in [-0.2, -0.15) is 5.10 Å². The van der Waals surface area contributed by atoms with E-state index in [9.17, 15) is 18.0 Å². The molecule has 0 aliphatic heterocycles. The Labute approximate surface area is 201 Å². The number of carbonyl (C=O) groups excluding carboxylic acids is 1. The maximum Gasteiger partial charge on any atom is 0.260 e. The number of sulfone groups is 1. The van der Waals surface area contributed by atoms with Crippen molar-refractivity contribution in [1.29, 1.82) is 0 Å². The second-order valence-electron chi connectivity index (χ2n) is 8.26. The number of aryl methyl sites for hydroxylation is 1. The van der Waals surface area contributed by atoms with Crippen LogP contribution in [0.15, 0.2) is 47.5 Å². The second kappa shape index (κ2) is 9.19. The zero-order valence-corrected chi connectivity index (χ0v) is 20.5. The first-order valence-electron chi connectivity index (χ1n) is 10.7. The highest BCUT2D eigenvalue weighted by molar-refractivity contribution is 7.90. The van der Waals surface area contributed by atoms with Crippen molar-refractivity contribution in [2.75, 3.05) is 12.0 Å². The number of aromatic nitrogens is 4. The third kappa shape index (κ3) is 4.69. The Bertz CT molecular complexity index is 1580. The molecule has 0 radical (unpaired) electrons. The molecule has 1 amide bonds. The summed E-state index contributed by atoms with van der Waals surface area (Å²) in [7, 11) is -3.19. The molecule has 1 atom stereocenters. The lowest BCUT2D eigenvalue weighted by molar-refractivity contribution is 0.0939. The van der Waals surface area contributed by atoms with Gasteiger partial charge >= 0.3 is 0 Å². The fraction of sp³-hybridized carbons (Fsp3) is 0.304. The van der Waals surface area contributed by atoms with Crippen LogP contribution in [0.5, 0.6) is 0 Å². The number of nitrogens with zero attached hydrogens (tertiary/aromatic N) is 4. The van der Waals surface area contributed by atoms with E-state index in [2.05, 4.69) is 15.4 Å². The summed E-state index contributed by atoms with van der Waals surface area (Å²) in [4.78, 5) is 30.8. The number of halogens is 1. The normalized spacial score (nSPS) is 12.8. The number of benzene rings is 1. The van der Waals surface area contributed by atoms with Gasteiger partial charge in [0.1, 0.15) is 15.4 Å². The molecule has 0 saturated carbocycles. The van der Waals surface area contributed by atoms with Crippen molar-refractivity contribution in [1.82, 2.24) is 24.5 Å². The van der Waals surface area contributed by atoms with Crippen LogP contribution in [0.2, 0.25) is 5.02 Å². The Hall–Kier alpha value is -3.24. The van der Waals surface area contributed by atoms with E-state index in [-0.39, 0.29) is 30.2 Å². The van der Waals surface area contributed by atoms with E-state index in [1.54, 1.807) is 56.6 Å². The first-order valence-corrected chi connectivity index (χ1v) is 13.1.